The Morgan fingerprint density at radius 3 is 2.00 bits per heavy atom. The third-order valence-electron chi connectivity index (χ3n) is 13.2. The van der Waals surface area contributed by atoms with Gasteiger partial charge in [-0.25, -0.2) is 9.83 Å². The van der Waals surface area contributed by atoms with E-state index in [4.69, 9.17) is 20.7 Å². The standard InChI is InChI=1S/C61H52N5O2.Pt/c1-59(2,3)41-27-28-63-55(34-41)66-53-36-47(24-25-50(53)58-57(66)56-49-16-12-11-15-39(49)21-26-54(56)68-58)67-48-30-40(38-19-22-44(62-10)23-20-38)29-45(35-48)64-37-65(52-18-14-13-17-51(52)64)46-32-42(60(4,5)6)31-43(33-46)61(7,8)9;/h11-34,37H,1-9H3;/q-3;. The molecule has 1 aliphatic heterocycles. The molecule has 0 atom stereocenters. The van der Waals surface area contributed by atoms with Crippen molar-refractivity contribution in [2.24, 2.45) is 0 Å². The summed E-state index contributed by atoms with van der Waals surface area (Å²) >= 11 is 0. The van der Waals surface area contributed by atoms with Crippen LogP contribution in [0.5, 0.6) is 11.5 Å². The van der Waals surface area contributed by atoms with E-state index in [0.717, 1.165) is 83.4 Å². The van der Waals surface area contributed by atoms with Crippen molar-refractivity contribution in [1.29, 1.82) is 0 Å². The molecule has 0 aliphatic carbocycles. The predicted octanol–water partition coefficient (Wildman–Crippen LogP) is 17.0. The number of hydrogen-bond acceptors (Lipinski definition) is 5. The zero-order valence-corrected chi connectivity index (χ0v) is 42.6. The summed E-state index contributed by atoms with van der Waals surface area (Å²) in [6.07, 6.45) is 1.89. The molecule has 0 saturated heterocycles. The van der Waals surface area contributed by atoms with Gasteiger partial charge in [0.2, 0.25) is 0 Å². The van der Waals surface area contributed by atoms with Gasteiger partial charge in [-0.3, -0.25) is 0 Å². The van der Waals surface area contributed by atoms with Crippen molar-refractivity contribution in [2.75, 3.05) is 9.80 Å². The molecule has 1 aliphatic rings. The van der Waals surface area contributed by atoms with E-state index in [9.17, 15) is 0 Å². The van der Waals surface area contributed by atoms with E-state index in [-0.39, 0.29) is 37.3 Å². The Morgan fingerprint density at radius 1 is 0.623 bits per heavy atom. The van der Waals surface area contributed by atoms with Crippen molar-refractivity contribution in [3.63, 3.8) is 0 Å². The van der Waals surface area contributed by atoms with Gasteiger partial charge in [-0.15, -0.1) is 48.3 Å². The SMILES string of the molecule is [C-]#[N+]c1ccc(-c2cc(Oc3[c-]c4c(cc3)c3oc5ccc6ccccc6c5c3n4-c3cc(C(C)(C)C)ccn3)[c-]c(N3[CH-]N(c4cc(C(C)(C)C)cc(C(C)(C)C)c4)c4ccccc43)c2)cc1.[Pt]. The molecule has 0 fully saturated rings. The number of pyridine rings is 1. The first kappa shape index (κ1) is 45.6. The van der Waals surface area contributed by atoms with Gasteiger partial charge in [0.15, 0.2) is 5.69 Å². The van der Waals surface area contributed by atoms with Crippen molar-refractivity contribution < 1.29 is 30.2 Å². The van der Waals surface area contributed by atoms with Crippen molar-refractivity contribution in [1.82, 2.24) is 9.55 Å². The molecule has 0 N–H and O–H groups in total. The second-order valence-electron chi connectivity index (χ2n) is 21.0. The van der Waals surface area contributed by atoms with Crippen LogP contribution in [0.4, 0.5) is 28.4 Å². The summed E-state index contributed by atoms with van der Waals surface area (Å²) in [7, 11) is 0. The first-order valence-corrected chi connectivity index (χ1v) is 23.2. The van der Waals surface area contributed by atoms with Crippen molar-refractivity contribution >= 4 is 72.2 Å². The molecule has 11 rings (SSSR count). The van der Waals surface area contributed by atoms with E-state index >= 15 is 0 Å². The molecule has 346 valence electrons. The number of hydrogen-bond donors (Lipinski definition) is 0. The number of nitrogens with zero attached hydrogens (tertiary/aromatic N) is 5. The van der Waals surface area contributed by atoms with Crippen LogP contribution in [0.2, 0.25) is 0 Å². The molecule has 0 radical (unpaired) electrons. The van der Waals surface area contributed by atoms with Gasteiger partial charge in [0.05, 0.1) is 17.5 Å². The monoisotopic (exact) mass is 1080 g/mol. The summed E-state index contributed by atoms with van der Waals surface area (Å²) in [5, 5.41) is 4.17. The number of furan rings is 1. The summed E-state index contributed by atoms with van der Waals surface area (Å²) in [6.45, 7) is 30.1. The normalized spacial score (nSPS) is 13.0. The summed E-state index contributed by atoms with van der Waals surface area (Å²) in [5.74, 6) is 1.81. The average molecular weight is 1080 g/mol. The van der Waals surface area contributed by atoms with E-state index in [0.29, 0.717) is 17.2 Å². The Hall–Kier alpha value is -7.13. The Labute approximate surface area is 419 Å². The van der Waals surface area contributed by atoms with Crippen LogP contribution in [-0.4, -0.2) is 9.55 Å². The Morgan fingerprint density at radius 2 is 1.30 bits per heavy atom. The number of para-hydroxylation sites is 2. The minimum Gasteiger partial charge on any atom is -0.509 e. The molecule has 0 spiro atoms. The fourth-order valence-electron chi connectivity index (χ4n) is 9.33. The zero-order chi connectivity index (χ0) is 47.3. The number of benzene rings is 7. The number of ether oxygens (including phenoxy) is 1. The van der Waals surface area contributed by atoms with Gasteiger partial charge in [-0.1, -0.05) is 146 Å². The third kappa shape index (κ3) is 8.15. The molecule has 0 unspecified atom stereocenters. The van der Waals surface area contributed by atoms with Gasteiger partial charge in [0, 0.05) is 55.8 Å². The molecular weight excluding hydrogens is 1030 g/mol. The van der Waals surface area contributed by atoms with Crippen LogP contribution in [0.15, 0.2) is 150 Å². The average Bonchev–Trinajstić information content (AvgIpc) is 4.00. The molecule has 0 saturated carbocycles. The van der Waals surface area contributed by atoms with Gasteiger partial charge < -0.3 is 23.5 Å². The maximum atomic E-state index is 7.61. The maximum Gasteiger partial charge on any atom is 0.187 e. The van der Waals surface area contributed by atoms with Crippen molar-refractivity contribution in [3.8, 4) is 28.4 Å². The third-order valence-corrected chi connectivity index (χ3v) is 13.2. The molecule has 7 aromatic carbocycles. The van der Waals surface area contributed by atoms with Crippen LogP contribution >= 0.6 is 0 Å². The van der Waals surface area contributed by atoms with Gasteiger partial charge in [-0.05, 0) is 91.7 Å². The van der Waals surface area contributed by atoms with E-state index in [1.54, 1.807) is 0 Å². The quantitative estimate of drug-likeness (QED) is 0.155. The number of rotatable bonds is 6. The minimum atomic E-state index is -0.103. The first-order chi connectivity index (χ1) is 32.5. The molecule has 3 aromatic heterocycles. The zero-order valence-electron chi connectivity index (χ0n) is 40.3. The van der Waals surface area contributed by atoms with E-state index in [1.807, 2.05) is 42.6 Å². The summed E-state index contributed by atoms with van der Waals surface area (Å²) in [5.41, 5.74) is 13.3. The topological polar surface area (TPSA) is 51.0 Å². The fourth-order valence-corrected chi connectivity index (χ4v) is 9.33. The van der Waals surface area contributed by atoms with Crippen molar-refractivity contribution in [2.45, 2.75) is 78.6 Å². The van der Waals surface area contributed by atoms with Crippen LogP contribution in [0.3, 0.4) is 0 Å². The van der Waals surface area contributed by atoms with Crippen LogP contribution in [0.25, 0.3) is 65.5 Å². The molecule has 4 heterocycles. The van der Waals surface area contributed by atoms with Crippen LogP contribution in [-0.2, 0) is 37.3 Å². The van der Waals surface area contributed by atoms with E-state index in [1.165, 1.54) is 16.7 Å². The van der Waals surface area contributed by atoms with Crippen LogP contribution in [0.1, 0.15) is 79.0 Å². The second kappa shape index (κ2) is 16.8. The molecule has 0 bridgehead atoms. The fraction of sp³-hybridized carbons (Fsp3) is 0.197. The van der Waals surface area contributed by atoms with Crippen LogP contribution < -0.4 is 14.5 Å². The van der Waals surface area contributed by atoms with Gasteiger partial charge in [0.1, 0.15) is 17.0 Å². The summed E-state index contributed by atoms with van der Waals surface area (Å²) < 4.78 is 15.9. The predicted molar refractivity (Wildman–Crippen MR) is 279 cm³/mol. The van der Waals surface area contributed by atoms with Crippen molar-refractivity contribution in [3.05, 3.63) is 193 Å². The molecule has 0 amide bonds. The molecule has 69 heavy (non-hydrogen) atoms. The minimum absolute atomic E-state index is 0. The Balaban J connectivity index is 0.00000553. The maximum absolute atomic E-state index is 7.61. The number of aromatic nitrogens is 2. The van der Waals surface area contributed by atoms with Crippen LogP contribution in [0, 0.1) is 25.4 Å². The number of fused-ring (bicyclic) bond motifs is 8. The summed E-state index contributed by atoms with van der Waals surface area (Å²) in [4.78, 5) is 13.1. The molecular formula is C61H52N5O2Pt-3. The summed E-state index contributed by atoms with van der Waals surface area (Å²) in [6, 6.07) is 55.6. The van der Waals surface area contributed by atoms with E-state index < -0.39 is 0 Å². The Kier molecular flexibility index (Phi) is 11.1. The number of anilines is 4. The largest absolute Gasteiger partial charge is 0.509 e. The molecule has 7 nitrogen and oxygen atoms in total. The molecule has 10 aromatic rings. The smallest absolute Gasteiger partial charge is 0.187 e. The Bertz CT molecular complexity index is 3640. The van der Waals surface area contributed by atoms with E-state index in [2.05, 4.69) is 203 Å². The van der Waals surface area contributed by atoms with Gasteiger partial charge in [-0.2, -0.15) is 6.07 Å². The van der Waals surface area contributed by atoms with Gasteiger partial charge in [0.25, 0.3) is 0 Å². The van der Waals surface area contributed by atoms with Gasteiger partial charge >= 0.3 is 0 Å². The first-order valence-electron chi connectivity index (χ1n) is 23.2. The second-order valence-corrected chi connectivity index (χ2v) is 21.0. The molecule has 8 heteroatoms.